The van der Waals surface area contributed by atoms with Crippen molar-refractivity contribution in [2.45, 2.75) is 68.5 Å². The SMILES string of the molecule is CN1N=C2CCN(C(=O)C(COCc3ccccc3)NS(=O)(=O)C3CC4CCC(C3)N4)CC2(Cc2ccccc2)C1=O. The van der Waals surface area contributed by atoms with E-state index in [9.17, 15) is 18.0 Å². The van der Waals surface area contributed by atoms with Gasteiger partial charge in [0.2, 0.25) is 15.9 Å². The van der Waals surface area contributed by atoms with Crippen molar-refractivity contribution in [1.82, 2.24) is 19.9 Å². The van der Waals surface area contributed by atoms with Gasteiger partial charge in [0.05, 0.1) is 24.2 Å². The van der Waals surface area contributed by atoms with Gasteiger partial charge in [-0.25, -0.2) is 18.1 Å². The van der Waals surface area contributed by atoms with Crippen LogP contribution in [0.2, 0.25) is 0 Å². The first-order valence-corrected chi connectivity index (χ1v) is 16.4. The quantitative estimate of drug-likeness (QED) is 0.435. The summed E-state index contributed by atoms with van der Waals surface area (Å²) in [6.07, 6.45) is 3.87. The Hall–Kier alpha value is -3.12. The Labute approximate surface area is 247 Å². The predicted octanol–water partition coefficient (Wildman–Crippen LogP) is 2.06. The fourth-order valence-corrected chi connectivity index (χ4v) is 8.74. The first kappa shape index (κ1) is 29.0. The highest BCUT2D eigenvalue weighted by molar-refractivity contribution is 7.90. The second-order valence-corrected chi connectivity index (χ2v) is 14.1. The Balaban J connectivity index is 1.23. The lowest BCUT2D eigenvalue weighted by Crippen LogP contribution is -2.60. The molecule has 2 amide bonds. The molecule has 4 unspecified atom stereocenters. The van der Waals surface area contributed by atoms with Gasteiger partial charge in [-0.2, -0.15) is 5.10 Å². The van der Waals surface area contributed by atoms with E-state index in [0.717, 1.165) is 29.7 Å². The van der Waals surface area contributed by atoms with E-state index < -0.39 is 26.7 Å². The molecule has 3 fully saturated rings. The summed E-state index contributed by atoms with van der Waals surface area (Å²) in [5.41, 5.74) is 1.70. The zero-order chi connectivity index (χ0) is 29.3. The molecular formula is C31H39N5O5S. The standard InChI is InChI=1S/C31H39N5O5S/c1-35-30(38)31(18-22-8-4-2-5-9-22)21-36(15-14-28(31)33-35)29(37)27(20-41-19-23-10-6-3-7-11-23)34-42(39,40)26-16-24-12-13-25(17-26)32-24/h2-11,24-27,32,34H,12-21H2,1H3. The summed E-state index contributed by atoms with van der Waals surface area (Å²) in [7, 11) is -2.16. The Bertz CT molecular complexity index is 1420. The third kappa shape index (κ3) is 5.88. The van der Waals surface area contributed by atoms with E-state index in [1.165, 1.54) is 5.01 Å². The lowest BCUT2D eigenvalue weighted by Gasteiger charge is -2.40. The third-order valence-corrected chi connectivity index (χ3v) is 11.0. The number of amides is 2. The highest BCUT2D eigenvalue weighted by Gasteiger charge is 2.54. The Kier molecular flexibility index (Phi) is 8.19. The van der Waals surface area contributed by atoms with Crippen LogP contribution in [0.25, 0.3) is 0 Å². The highest BCUT2D eigenvalue weighted by Crippen LogP contribution is 2.38. The van der Waals surface area contributed by atoms with Crippen molar-refractivity contribution in [3.8, 4) is 0 Å². The van der Waals surface area contributed by atoms with Gasteiger partial charge in [0.1, 0.15) is 11.5 Å². The first-order chi connectivity index (χ1) is 20.2. The van der Waals surface area contributed by atoms with Crippen LogP contribution in [0.1, 0.15) is 43.2 Å². The molecule has 224 valence electrons. The van der Waals surface area contributed by atoms with E-state index in [-0.39, 0.29) is 43.7 Å². The number of rotatable bonds is 10. The Morgan fingerprint density at radius 1 is 1.07 bits per heavy atom. The smallest absolute Gasteiger partial charge is 0.256 e. The van der Waals surface area contributed by atoms with E-state index in [4.69, 9.17) is 4.74 Å². The van der Waals surface area contributed by atoms with Crippen molar-refractivity contribution in [3.05, 3.63) is 71.8 Å². The van der Waals surface area contributed by atoms with Crippen LogP contribution < -0.4 is 10.0 Å². The number of nitrogens with zero attached hydrogens (tertiary/aromatic N) is 3. The van der Waals surface area contributed by atoms with Gasteiger partial charge in [0, 0.05) is 38.6 Å². The molecule has 0 aromatic heterocycles. The number of likely N-dealkylation sites (tertiary alicyclic amines) is 1. The summed E-state index contributed by atoms with van der Waals surface area (Å²) in [4.78, 5) is 29.4. The molecule has 4 atom stereocenters. The van der Waals surface area contributed by atoms with Crippen LogP contribution in [0.15, 0.2) is 65.8 Å². The molecule has 2 bridgehead atoms. The molecular weight excluding hydrogens is 554 g/mol. The van der Waals surface area contributed by atoms with Crippen molar-refractivity contribution in [1.29, 1.82) is 0 Å². The van der Waals surface area contributed by atoms with Crippen LogP contribution in [-0.4, -0.2) is 86.0 Å². The van der Waals surface area contributed by atoms with Gasteiger partial charge in [-0.3, -0.25) is 9.59 Å². The molecule has 0 aliphatic carbocycles. The number of carbonyl (C=O) groups excluding carboxylic acids is 2. The Morgan fingerprint density at radius 3 is 2.38 bits per heavy atom. The summed E-state index contributed by atoms with van der Waals surface area (Å²) in [6, 6.07) is 18.6. The fraction of sp³-hybridized carbons (Fsp3) is 0.516. The first-order valence-electron chi connectivity index (χ1n) is 14.8. The van der Waals surface area contributed by atoms with Crippen LogP contribution in [0.4, 0.5) is 0 Å². The molecule has 0 saturated carbocycles. The molecule has 4 heterocycles. The highest BCUT2D eigenvalue weighted by atomic mass is 32.2. The summed E-state index contributed by atoms with van der Waals surface area (Å²) >= 11 is 0. The van der Waals surface area contributed by atoms with Crippen molar-refractivity contribution in [2.75, 3.05) is 26.7 Å². The molecule has 0 spiro atoms. The van der Waals surface area contributed by atoms with Gasteiger partial charge >= 0.3 is 0 Å². The van der Waals surface area contributed by atoms with E-state index in [1.807, 2.05) is 60.7 Å². The molecule has 4 aliphatic heterocycles. The van der Waals surface area contributed by atoms with Crippen molar-refractivity contribution in [3.63, 3.8) is 0 Å². The predicted molar refractivity (Wildman–Crippen MR) is 159 cm³/mol. The summed E-state index contributed by atoms with van der Waals surface area (Å²) < 4.78 is 36.0. The van der Waals surface area contributed by atoms with E-state index >= 15 is 0 Å². The topological polar surface area (TPSA) is 120 Å². The molecule has 2 aromatic carbocycles. The molecule has 10 nitrogen and oxygen atoms in total. The summed E-state index contributed by atoms with van der Waals surface area (Å²) in [5.74, 6) is -0.529. The van der Waals surface area contributed by atoms with Crippen LogP contribution in [0, 0.1) is 5.41 Å². The molecule has 4 aliphatic rings. The Morgan fingerprint density at radius 2 is 1.71 bits per heavy atom. The third-order valence-electron chi connectivity index (χ3n) is 9.14. The number of hydrogen-bond acceptors (Lipinski definition) is 7. The lowest BCUT2D eigenvalue weighted by molar-refractivity contribution is -0.141. The van der Waals surface area contributed by atoms with Crippen LogP contribution in [0.3, 0.4) is 0 Å². The van der Waals surface area contributed by atoms with E-state index in [2.05, 4.69) is 15.1 Å². The zero-order valence-corrected chi connectivity index (χ0v) is 24.8. The lowest BCUT2D eigenvalue weighted by atomic mass is 9.73. The van der Waals surface area contributed by atoms with Crippen LogP contribution >= 0.6 is 0 Å². The van der Waals surface area contributed by atoms with Crippen molar-refractivity contribution >= 4 is 27.5 Å². The van der Waals surface area contributed by atoms with Gasteiger partial charge in [0.25, 0.3) is 5.91 Å². The normalized spacial score (nSPS) is 28.0. The van der Waals surface area contributed by atoms with Crippen LogP contribution in [0.5, 0.6) is 0 Å². The maximum Gasteiger partial charge on any atom is 0.256 e. The van der Waals surface area contributed by atoms with Crippen LogP contribution in [-0.2, 0) is 37.4 Å². The number of fused-ring (bicyclic) bond motifs is 3. The average molecular weight is 594 g/mol. The number of ether oxygens (including phenoxy) is 1. The van der Waals surface area contributed by atoms with Gasteiger partial charge in [-0.15, -0.1) is 0 Å². The molecule has 2 N–H and O–H groups in total. The number of hydrogen-bond donors (Lipinski definition) is 2. The minimum Gasteiger partial charge on any atom is -0.375 e. The minimum atomic E-state index is -3.80. The number of sulfonamides is 1. The van der Waals surface area contributed by atoms with Crippen molar-refractivity contribution < 1.29 is 22.7 Å². The fourth-order valence-electron chi connectivity index (χ4n) is 7.01. The van der Waals surface area contributed by atoms with Gasteiger partial charge in [0.15, 0.2) is 0 Å². The largest absolute Gasteiger partial charge is 0.375 e. The molecule has 2 aromatic rings. The summed E-state index contributed by atoms with van der Waals surface area (Å²) in [6.45, 7) is 0.629. The number of carbonyl (C=O) groups is 2. The molecule has 11 heteroatoms. The summed E-state index contributed by atoms with van der Waals surface area (Å²) in [5, 5.41) is 8.85. The number of benzene rings is 2. The maximum atomic E-state index is 14.2. The number of piperidine rings is 2. The molecule has 3 saturated heterocycles. The van der Waals surface area contributed by atoms with Gasteiger partial charge in [-0.1, -0.05) is 60.7 Å². The molecule has 6 rings (SSSR count). The minimum absolute atomic E-state index is 0.109. The van der Waals surface area contributed by atoms with E-state index in [1.54, 1.807) is 11.9 Å². The maximum absolute atomic E-state index is 14.2. The van der Waals surface area contributed by atoms with Gasteiger partial charge in [-0.05, 0) is 43.2 Å². The second-order valence-electron chi connectivity index (χ2n) is 12.1. The molecule has 0 radical (unpaired) electrons. The second kappa shape index (κ2) is 11.9. The number of hydrazone groups is 1. The average Bonchev–Trinajstić information content (AvgIpc) is 3.46. The molecule has 42 heavy (non-hydrogen) atoms. The zero-order valence-electron chi connectivity index (χ0n) is 23.9. The van der Waals surface area contributed by atoms with Crippen molar-refractivity contribution in [2.24, 2.45) is 10.5 Å². The van der Waals surface area contributed by atoms with E-state index in [0.29, 0.717) is 32.2 Å². The number of nitrogens with one attached hydrogen (secondary N) is 2. The van der Waals surface area contributed by atoms with Gasteiger partial charge < -0.3 is 15.0 Å². The monoisotopic (exact) mass is 593 g/mol.